The van der Waals surface area contributed by atoms with Gasteiger partial charge in [-0.3, -0.25) is 4.79 Å². The van der Waals surface area contributed by atoms with E-state index in [9.17, 15) is 4.79 Å². The quantitative estimate of drug-likeness (QED) is 0.837. The zero-order chi connectivity index (χ0) is 17.4. The second kappa shape index (κ2) is 6.46. The predicted octanol–water partition coefficient (Wildman–Crippen LogP) is 2.71. The summed E-state index contributed by atoms with van der Waals surface area (Å²) >= 11 is 1.55. The predicted molar refractivity (Wildman–Crippen MR) is 95.3 cm³/mol. The normalized spacial score (nSPS) is 20.3. The molecule has 0 unspecified atom stereocenters. The van der Waals surface area contributed by atoms with E-state index in [1.807, 2.05) is 30.0 Å². The zero-order valence-electron chi connectivity index (χ0n) is 14.5. The summed E-state index contributed by atoms with van der Waals surface area (Å²) < 4.78 is 17.6. The second-order valence-corrected chi connectivity index (χ2v) is 7.97. The molecular weight excluding hydrogens is 340 g/mol. The number of piperidine rings is 1. The topological polar surface area (TPSA) is 60.9 Å². The third-order valence-electron chi connectivity index (χ3n) is 4.93. The van der Waals surface area contributed by atoms with Gasteiger partial charge in [0.2, 0.25) is 5.91 Å². The number of carbonyl (C=O) groups excluding carboxylic acids is 1. The van der Waals surface area contributed by atoms with Gasteiger partial charge in [0.1, 0.15) is 11.9 Å². The van der Waals surface area contributed by atoms with Crippen molar-refractivity contribution in [1.82, 2.24) is 9.88 Å². The minimum atomic E-state index is -0.320. The smallest absolute Gasteiger partial charge is 0.274 e. The van der Waals surface area contributed by atoms with Gasteiger partial charge in [-0.25, -0.2) is 4.98 Å². The van der Waals surface area contributed by atoms with Crippen LogP contribution in [0, 0.1) is 5.41 Å². The lowest BCUT2D eigenvalue weighted by Crippen LogP contribution is -2.55. The van der Waals surface area contributed by atoms with E-state index in [-0.39, 0.29) is 17.4 Å². The lowest BCUT2D eigenvalue weighted by atomic mass is 9.86. The molecule has 2 aliphatic rings. The highest BCUT2D eigenvalue weighted by atomic mass is 32.1. The van der Waals surface area contributed by atoms with Gasteiger partial charge in [-0.15, -0.1) is 0 Å². The van der Waals surface area contributed by atoms with Gasteiger partial charge in [0.05, 0.1) is 36.0 Å². The number of likely N-dealkylation sites (tertiary alicyclic amines) is 1. The summed E-state index contributed by atoms with van der Waals surface area (Å²) in [5, 5.41) is 0.687. The molecule has 2 saturated heterocycles. The molecule has 0 N–H and O–H groups in total. The number of benzene rings is 1. The van der Waals surface area contributed by atoms with Crippen LogP contribution >= 0.6 is 11.3 Å². The summed E-state index contributed by atoms with van der Waals surface area (Å²) in [4.78, 5) is 19.0. The first-order valence-electron chi connectivity index (χ1n) is 8.56. The number of ether oxygens (including phenoxy) is 3. The molecule has 0 aliphatic carbocycles. The van der Waals surface area contributed by atoms with E-state index in [1.165, 1.54) is 0 Å². The zero-order valence-corrected chi connectivity index (χ0v) is 15.3. The third kappa shape index (κ3) is 3.18. The maximum Gasteiger partial charge on any atom is 0.274 e. The molecule has 2 aromatic rings. The van der Waals surface area contributed by atoms with Crippen LogP contribution in [-0.4, -0.2) is 55.3 Å². The van der Waals surface area contributed by atoms with E-state index in [0.29, 0.717) is 18.4 Å². The number of nitrogens with zero attached hydrogens (tertiary/aromatic N) is 2. The largest absolute Gasteiger partial charge is 0.497 e. The molecule has 7 heteroatoms. The molecule has 0 saturated carbocycles. The summed E-state index contributed by atoms with van der Waals surface area (Å²) in [6.45, 7) is 4.53. The van der Waals surface area contributed by atoms with Crippen molar-refractivity contribution >= 4 is 27.5 Å². The number of methoxy groups -OCH3 is 1. The third-order valence-corrected chi connectivity index (χ3v) is 5.86. The van der Waals surface area contributed by atoms with Crippen molar-refractivity contribution in [1.29, 1.82) is 0 Å². The van der Waals surface area contributed by atoms with Crippen LogP contribution in [0.4, 0.5) is 0 Å². The first-order valence-corrected chi connectivity index (χ1v) is 9.37. The molecule has 2 aliphatic heterocycles. The van der Waals surface area contributed by atoms with Crippen molar-refractivity contribution in [3.05, 3.63) is 18.2 Å². The van der Waals surface area contributed by atoms with Gasteiger partial charge >= 0.3 is 0 Å². The van der Waals surface area contributed by atoms with Crippen molar-refractivity contribution in [2.45, 2.75) is 25.9 Å². The first kappa shape index (κ1) is 16.6. The standard InChI is InChI=1S/C18H22N2O4S/c1-18(10-23-11-18)16(21)20-7-5-12(6-8-20)24-17-19-14-9-13(22-2)3-4-15(14)25-17/h3-4,9,12H,5-8,10-11H2,1-2H3. The number of carbonyl (C=O) groups is 1. The van der Waals surface area contributed by atoms with Gasteiger partial charge < -0.3 is 19.1 Å². The summed E-state index contributed by atoms with van der Waals surface area (Å²) in [5.74, 6) is 1.01. The number of fused-ring (bicyclic) bond motifs is 1. The number of hydrogen-bond acceptors (Lipinski definition) is 6. The minimum absolute atomic E-state index is 0.108. The average Bonchev–Trinajstić information content (AvgIpc) is 3.00. The highest BCUT2D eigenvalue weighted by molar-refractivity contribution is 7.20. The van der Waals surface area contributed by atoms with E-state index in [4.69, 9.17) is 14.2 Å². The molecule has 0 radical (unpaired) electrons. The Morgan fingerprint density at radius 2 is 2.12 bits per heavy atom. The highest BCUT2D eigenvalue weighted by Gasteiger charge is 2.44. The van der Waals surface area contributed by atoms with E-state index >= 15 is 0 Å². The van der Waals surface area contributed by atoms with Gasteiger partial charge in [-0.05, 0) is 19.1 Å². The molecule has 1 aromatic heterocycles. The minimum Gasteiger partial charge on any atom is -0.497 e. The molecule has 0 atom stereocenters. The van der Waals surface area contributed by atoms with Crippen molar-refractivity contribution in [3.8, 4) is 10.9 Å². The maximum atomic E-state index is 12.5. The van der Waals surface area contributed by atoms with Crippen LogP contribution in [0.2, 0.25) is 0 Å². The number of thiazole rings is 1. The molecule has 134 valence electrons. The molecule has 4 rings (SSSR count). The van der Waals surface area contributed by atoms with Crippen molar-refractivity contribution < 1.29 is 19.0 Å². The number of amides is 1. The molecule has 1 aromatic carbocycles. The number of aromatic nitrogens is 1. The Kier molecular flexibility index (Phi) is 4.29. The van der Waals surface area contributed by atoms with Crippen LogP contribution in [0.15, 0.2) is 18.2 Å². The lowest BCUT2D eigenvalue weighted by molar-refractivity contribution is -0.170. The van der Waals surface area contributed by atoms with Crippen molar-refractivity contribution in [2.24, 2.45) is 5.41 Å². The fourth-order valence-electron chi connectivity index (χ4n) is 3.30. The van der Waals surface area contributed by atoms with Gasteiger partial charge in [0.25, 0.3) is 5.19 Å². The molecule has 2 fully saturated rings. The Morgan fingerprint density at radius 3 is 2.76 bits per heavy atom. The van der Waals surface area contributed by atoms with Gasteiger partial charge in [0.15, 0.2) is 0 Å². The van der Waals surface area contributed by atoms with Crippen LogP contribution in [0.3, 0.4) is 0 Å². The molecule has 0 bridgehead atoms. The molecule has 0 spiro atoms. The Bertz CT molecular complexity index is 778. The van der Waals surface area contributed by atoms with Crippen LogP contribution in [0.1, 0.15) is 19.8 Å². The van der Waals surface area contributed by atoms with E-state index in [1.54, 1.807) is 18.4 Å². The van der Waals surface area contributed by atoms with Crippen molar-refractivity contribution in [3.63, 3.8) is 0 Å². The second-order valence-electron chi connectivity index (χ2n) is 6.98. The maximum absolute atomic E-state index is 12.5. The Labute approximate surface area is 150 Å². The number of rotatable bonds is 4. The van der Waals surface area contributed by atoms with Crippen LogP contribution in [0.25, 0.3) is 10.2 Å². The van der Waals surface area contributed by atoms with Gasteiger partial charge in [-0.1, -0.05) is 11.3 Å². The highest BCUT2D eigenvalue weighted by Crippen LogP contribution is 2.33. The van der Waals surface area contributed by atoms with Gasteiger partial charge in [-0.2, -0.15) is 0 Å². The molecular formula is C18H22N2O4S. The molecule has 3 heterocycles. The lowest BCUT2D eigenvalue weighted by Gasteiger charge is -2.42. The molecule has 25 heavy (non-hydrogen) atoms. The van der Waals surface area contributed by atoms with Crippen LogP contribution in [-0.2, 0) is 9.53 Å². The molecule has 6 nitrogen and oxygen atoms in total. The summed E-state index contributed by atoms with van der Waals surface area (Å²) in [7, 11) is 1.65. The Morgan fingerprint density at radius 1 is 1.36 bits per heavy atom. The fraction of sp³-hybridized carbons (Fsp3) is 0.556. The van der Waals surface area contributed by atoms with Crippen molar-refractivity contribution in [2.75, 3.05) is 33.4 Å². The van der Waals surface area contributed by atoms with Crippen LogP contribution in [0.5, 0.6) is 10.9 Å². The molecule has 1 amide bonds. The summed E-state index contributed by atoms with van der Waals surface area (Å²) in [6, 6.07) is 5.85. The van der Waals surface area contributed by atoms with Crippen LogP contribution < -0.4 is 9.47 Å². The monoisotopic (exact) mass is 362 g/mol. The Balaban J connectivity index is 1.36. The van der Waals surface area contributed by atoms with E-state index < -0.39 is 0 Å². The fourth-order valence-corrected chi connectivity index (χ4v) is 4.16. The SMILES string of the molecule is COc1ccc2sc(OC3CCN(C(=O)C4(C)COC4)CC3)nc2c1. The van der Waals surface area contributed by atoms with E-state index in [2.05, 4.69) is 4.98 Å². The average molecular weight is 362 g/mol. The Hall–Kier alpha value is -1.86. The van der Waals surface area contributed by atoms with Gasteiger partial charge in [0, 0.05) is 32.0 Å². The van der Waals surface area contributed by atoms with E-state index in [0.717, 1.165) is 41.9 Å². The summed E-state index contributed by atoms with van der Waals surface area (Å²) in [6.07, 6.45) is 1.78. The first-order chi connectivity index (χ1) is 12.1. The summed E-state index contributed by atoms with van der Waals surface area (Å²) in [5.41, 5.74) is 0.574. The number of hydrogen-bond donors (Lipinski definition) is 0.